The fraction of sp³-hybridized carbons (Fsp3) is 0.593. The first-order valence-corrected chi connectivity index (χ1v) is 14.1. The number of hydrogen-bond donors (Lipinski definition) is 2. The monoisotopic (exact) mass is 604 g/mol. The van der Waals surface area contributed by atoms with Gasteiger partial charge in [0.15, 0.2) is 5.75 Å². The van der Waals surface area contributed by atoms with Crippen LogP contribution < -0.4 is 10.1 Å². The van der Waals surface area contributed by atoms with E-state index >= 15 is 0 Å². The van der Waals surface area contributed by atoms with Crippen molar-refractivity contribution in [3.05, 3.63) is 40.1 Å². The first kappa shape index (κ1) is 32.0. The third kappa shape index (κ3) is 8.52. The number of aliphatic carboxylic acids is 1. The van der Waals surface area contributed by atoms with E-state index in [4.69, 9.17) is 33.0 Å². The van der Waals surface area contributed by atoms with Crippen LogP contribution in [0, 0.1) is 0 Å². The van der Waals surface area contributed by atoms with Gasteiger partial charge in [-0.15, -0.1) is 0 Å². The molecule has 0 atom stereocenters. The maximum Gasteiger partial charge on any atom is 0.387 e. The Morgan fingerprint density at radius 3 is 2.38 bits per heavy atom. The molecule has 0 saturated carbocycles. The Kier molecular flexibility index (Phi) is 12.0. The summed E-state index contributed by atoms with van der Waals surface area (Å²) >= 11 is 12.3. The van der Waals surface area contributed by atoms with Crippen LogP contribution in [-0.4, -0.2) is 71.1 Å². The molecular formula is C27H36Cl2F2N4O5. The molecule has 40 heavy (non-hydrogen) atoms. The van der Waals surface area contributed by atoms with Crippen LogP contribution in [0.1, 0.15) is 64.0 Å². The smallest absolute Gasteiger partial charge is 0.387 e. The molecule has 2 fully saturated rings. The highest BCUT2D eigenvalue weighted by molar-refractivity contribution is 6.31. The molecule has 1 aromatic heterocycles. The minimum absolute atomic E-state index is 0.0108. The van der Waals surface area contributed by atoms with Gasteiger partial charge in [0.2, 0.25) is 0 Å². The number of hydrogen-bond acceptors (Lipinski definition) is 6. The van der Waals surface area contributed by atoms with E-state index in [-0.39, 0.29) is 28.8 Å². The van der Waals surface area contributed by atoms with Gasteiger partial charge in [0, 0.05) is 43.9 Å². The van der Waals surface area contributed by atoms with Gasteiger partial charge in [-0.1, -0.05) is 37.0 Å². The van der Waals surface area contributed by atoms with Crippen molar-refractivity contribution in [2.75, 3.05) is 38.2 Å². The van der Waals surface area contributed by atoms with Crippen molar-refractivity contribution in [2.24, 2.45) is 0 Å². The van der Waals surface area contributed by atoms with Crippen molar-refractivity contribution in [1.82, 2.24) is 14.7 Å². The van der Waals surface area contributed by atoms with Gasteiger partial charge in [0.25, 0.3) is 5.91 Å². The van der Waals surface area contributed by atoms with E-state index in [2.05, 4.69) is 15.2 Å². The number of carboxylic acid groups (broad SMARTS) is 1. The molecule has 2 aliphatic rings. The van der Waals surface area contributed by atoms with Crippen LogP contribution in [0.25, 0.3) is 0 Å². The first-order valence-electron chi connectivity index (χ1n) is 13.3. The molecule has 3 heterocycles. The second kappa shape index (κ2) is 15.0. The SMILES string of the molecule is C1CCOCC1.CC(C)c1c(Cl)cnn1C1(C(=O)Nc2ccc(Cl)cc2OC(F)F)CCN(CCC(=O)O)CC1. The molecule has 2 aliphatic heterocycles. The summed E-state index contributed by atoms with van der Waals surface area (Å²) in [5, 5.41) is 16.7. The first-order chi connectivity index (χ1) is 19.0. The lowest BCUT2D eigenvalue weighted by atomic mass is 9.85. The van der Waals surface area contributed by atoms with E-state index in [1.807, 2.05) is 18.7 Å². The number of carbonyl (C=O) groups excluding carboxylic acids is 1. The predicted octanol–water partition coefficient (Wildman–Crippen LogP) is 6.01. The van der Waals surface area contributed by atoms with Crippen LogP contribution in [0.5, 0.6) is 5.75 Å². The predicted molar refractivity (Wildman–Crippen MR) is 149 cm³/mol. The maximum atomic E-state index is 13.8. The third-order valence-corrected chi connectivity index (χ3v) is 7.47. The molecule has 1 amide bonds. The van der Waals surface area contributed by atoms with Gasteiger partial charge in [-0.2, -0.15) is 13.9 Å². The molecule has 2 aromatic rings. The number of nitrogens with one attached hydrogen (secondary N) is 1. The lowest BCUT2D eigenvalue weighted by Crippen LogP contribution is -2.54. The van der Waals surface area contributed by atoms with E-state index in [1.54, 1.807) is 4.68 Å². The number of piperidine rings is 1. The zero-order valence-electron chi connectivity index (χ0n) is 22.7. The molecule has 1 aromatic carbocycles. The zero-order chi connectivity index (χ0) is 29.3. The summed E-state index contributed by atoms with van der Waals surface area (Å²) in [6.45, 7) is 4.00. The summed E-state index contributed by atoms with van der Waals surface area (Å²) in [5.41, 5.74) is -0.448. The lowest BCUT2D eigenvalue weighted by molar-refractivity contribution is -0.138. The third-order valence-electron chi connectivity index (χ3n) is 6.94. The van der Waals surface area contributed by atoms with Crippen LogP contribution in [0.2, 0.25) is 10.0 Å². The quantitative estimate of drug-likeness (QED) is 0.361. The van der Waals surface area contributed by atoms with Crippen LogP contribution in [0.15, 0.2) is 24.4 Å². The average Bonchev–Trinajstić information content (AvgIpc) is 3.32. The molecule has 0 spiro atoms. The van der Waals surface area contributed by atoms with E-state index in [0.717, 1.165) is 13.2 Å². The van der Waals surface area contributed by atoms with Crippen molar-refractivity contribution in [1.29, 1.82) is 0 Å². The van der Waals surface area contributed by atoms with Crippen molar-refractivity contribution in [2.45, 2.75) is 70.4 Å². The number of aromatic nitrogens is 2. The number of nitrogens with zero attached hydrogens (tertiary/aromatic N) is 3. The summed E-state index contributed by atoms with van der Waals surface area (Å²) in [5.74, 6) is -1.66. The standard InChI is InChI=1S/C22H26Cl2F2N4O4.C5H10O/c1-13(2)19-15(24)12-27-30(19)22(6-9-29(10-7-22)8-5-18(31)32)20(33)28-16-4-3-14(23)11-17(16)34-21(25)26;1-2-4-6-5-3-1/h3-4,11-13,21H,5-10H2,1-2H3,(H,28,33)(H,31,32);1-5H2. The molecule has 13 heteroatoms. The van der Waals surface area contributed by atoms with E-state index in [1.165, 1.54) is 43.7 Å². The highest BCUT2D eigenvalue weighted by Crippen LogP contribution is 2.38. The van der Waals surface area contributed by atoms with Gasteiger partial charge in [0.1, 0.15) is 5.54 Å². The van der Waals surface area contributed by atoms with Crippen LogP contribution >= 0.6 is 23.2 Å². The lowest BCUT2D eigenvalue weighted by Gasteiger charge is -2.41. The normalized spacial score (nSPS) is 17.3. The number of anilines is 1. The molecule has 4 rings (SSSR count). The molecule has 9 nitrogen and oxygen atoms in total. The van der Waals surface area contributed by atoms with Gasteiger partial charge in [-0.25, -0.2) is 0 Å². The highest BCUT2D eigenvalue weighted by Gasteiger charge is 2.46. The highest BCUT2D eigenvalue weighted by atomic mass is 35.5. The van der Waals surface area contributed by atoms with Crippen LogP contribution in [0.4, 0.5) is 14.5 Å². The van der Waals surface area contributed by atoms with Crippen molar-refractivity contribution >= 4 is 40.8 Å². The van der Waals surface area contributed by atoms with E-state index in [9.17, 15) is 18.4 Å². The van der Waals surface area contributed by atoms with Crippen molar-refractivity contribution < 1.29 is 33.0 Å². The Hall–Kier alpha value is -2.47. The minimum Gasteiger partial charge on any atom is -0.481 e. The Morgan fingerprint density at radius 1 is 1.18 bits per heavy atom. The molecule has 0 unspecified atom stereocenters. The Bertz CT molecular complexity index is 1120. The van der Waals surface area contributed by atoms with Gasteiger partial charge < -0.3 is 24.8 Å². The van der Waals surface area contributed by atoms with Gasteiger partial charge in [0.05, 0.1) is 29.0 Å². The van der Waals surface area contributed by atoms with Crippen LogP contribution in [0.3, 0.4) is 0 Å². The Morgan fingerprint density at radius 2 is 1.85 bits per heavy atom. The summed E-state index contributed by atoms with van der Waals surface area (Å²) < 4.78 is 37.1. The number of halogens is 4. The molecular weight excluding hydrogens is 569 g/mol. The summed E-state index contributed by atoms with van der Waals surface area (Å²) in [7, 11) is 0. The number of carbonyl (C=O) groups is 2. The summed E-state index contributed by atoms with van der Waals surface area (Å²) in [6.07, 6.45) is 6.03. The molecule has 0 bridgehead atoms. The molecule has 2 saturated heterocycles. The summed E-state index contributed by atoms with van der Waals surface area (Å²) in [4.78, 5) is 26.7. The average molecular weight is 606 g/mol. The number of amides is 1. The van der Waals surface area contributed by atoms with Crippen LogP contribution in [-0.2, 0) is 19.9 Å². The van der Waals surface area contributed by atoms with Gasteiger partial charge >= 0.3 is 12.6 Å². The Labute approximate surface area is 242 Å². The number of rotatable bonds is 9. The topological polar surface area (TPSA) is 106 Å². The van der Waals surface area contributed by atoms with E-state index < -0.39 is 24.0 Å². The van der Waals surface area contributed by atoms with Crippen molar-refractivity contribution in [3.8, 4) is 5.75 Å². The number of alkyl halides is 2. The Balaban J connectivity index is 0.000000649. The maximum absolute atomic E-state index is 13.8. The molecule has 0 radical (unpaired) electrons. The number of benzene rings is 1. The molecule has 2 N–H and O–H groups in total. The summed E-state index contributed by atoms with van der Waals surface area (Å²) in [6, 6.07) is 4.06. The fourth-order valence-corrected chi connectivity index (χ4v) is 5.36. The fourth-order valence-electron chi connectivity index (χ4n) is 4.85. The molecule has 222 valence electrons. The zero-order valence-corrected chi connectivity index (χ0v) is 24.2. The largest absolute Gasteiger partial charge is 0.481 e. The van der Waals surface area contributed by atoms with Gasteiger partial charge in [-0.05, 0) is 50.2 Å². The van der Waals surface area contributed by atoms with Crippen molar-refractivity contribution in [3.63, 3.8) is 0 Å². The second-order valence-electron chi connectivity index (χ2n) is 10.1. The number of ether oxygens (including phenoxy) is 2. The van der Waals surface area contributed by atoms with E-state index in [0.29, 0.717) is 43.2 Å². The molecule has 0 aliphatic carbocycles. The number of likely N-dealkylation sites (tertiary alicyclic amines) is 1. The van der Waals surface area contributed by atoms with Gasteiger partial charge in [-0.3, -0.25) is 14.3 Å². The minimum atomic E-state index is -3.10. The number of carboxylic acids is 1. The second-order valence-corrected chi connectivity index (χ2v) is 11.0.